The molecule has 0 unspecified atom stereocenters. The molecule has 0 spiro atoms. The van der Waals surface area contributed by atoms with E-state index in [1.54, 1.807) is 23.1 Å². The van der Waals surface area contributed by atoms with Crippen molar-refractivity contribution < 1.29 is 23.7 Å². The van der Waals surface area contributed by atoms with Gasteiger partial charge >= 0.3 is 6.03 Å². The first kappa shape index (κ1) is 20.4. The smallest absolute Gasteiger partial charge is 0.322 e. The molecule has 2 heterocycles. The zero-order valence-corrected chi connectivity index (χ0v) is 18.2. The van der Waals surface area contributed by atoms with Gasteiger partial charge in [0.05, 0.1) is 49.8 Å². The summed E-state index contributed by atoms with van der Waals surface area (Å²) in [7, 11) is 4.57. The zero-order valence-electron chi connectivity index (χ0n) is 16.6. The Balaban J connectivity index is 1.36. The second-order valence-corrected chi connectivity index (χ2v) is 7.96. The van der Waals surface area contributed by atoms with E-state index in [2.05, 4.69) is 10.3 Å². The van der Waals surface area contributed by atoms with Crippen molar-refractivity contribution in [3.8, 4) is 22.4 Å². The average Bonchev–Trinajstić information content (AvgIpc) is 3.13. The lowest BCUT2D eigenvalue weighted by Gasteiger charge is -2.38. The predicted octanol–water partition coefficient (Wildman–Crippen LogP) is 4.27. The number of ether oxygens (including phenoxy) is 4. The van der Waals surface area contributed by atoms with Gasteiger partial charge in [-0.2, -0.15) is 0 Å². The number of nitrogens with zero attached hydrogens (tertiary/aromatic N) is 2. The molecule has 2 amide bonds. The average molecular weight is 450 g/mol. The molecule has 1 fully saturated rings. The largest absolute Gasteiger partial charge is 0.493 e. The first-order chi connectivity index (χ1) is 14.5. The third-order valence-corrected chi connectivity index (χ3v) is 5.89. The summed E-state index contributed by atoms with van der Waals surface area (Å²) in [6.45, 7) is 0.916. The van der Waals surface area contributed by atoms with Gasteiger partial charge in [-0.05, 0) is 12.1 Å². The van der Waals surface area contributed by atoms with E-state index in [-0.39, 0.29) is 12.1 Å². The minimum Gasteiger partial charge on any atom is -0.493 e. The first-order valence-corrected chi connectivity index (χ1v) is 10.3. The van der Waals surface area contributed by atoms with E-state index >= 15 is 0 Å². The number of methoxy groups -OCH3 is 3. The Morgan fingerprint density at radius 3 is 2.47 bits per heavy atom. The zero-order chi connectivity index (χ0) is 21.3. The maximum Gasteiger partial charge on any atom is 0.322 e. The standard InChI is InChI=1S/C20H20ClN3O5S/c1-26-14-7-11(8-15(27-2)18(14)28-3)22-19(25)24-9-12(10-24)29-20-23-17-13(21)5-4-6-16(17)30-20/h4-8,12H,9-10H2,1-3H3,(H,22,25). The molecule has 4 rings (SSSR count). The summed E-state index contributed by atoms with van der Waals surface area (Å²) in [5, 5.41) is 3.99. The quantitative estimate of drug-likeness (QED) is 0.605. The van der Waals surface area contributed by atoms with Gasteiger partial charge in [0.25, 0.3) is 5.19 Å². The van der Waals surface area contributed by atoms with E-state index in [0.29, 0.717) is 46.2 Å². The summed E-state index contributed by atoms with van der Waals surface area (Å²) in [5.74, 6) is 1.39. The molecule has 1 saturated heterocycles. The molecule has 1 aliphatic rings. The van der Waals surface area contributed by atoms with Crippen molar-refractivity contribution in [2.75, 3.05) is 39.7 Å². The van der Waals surface area contributed by atoms with Gasteiger partial charge in [-0.1, -0.05) is 29.0 Å². The van der Waals surface area contributed by atoms with Crippen LogP contribution in [0.2, 0.25) is 5.02 Å². The van der Waals surface area contributed by atoms with Gasteiger partial charge in [0.15, 0.2) is 11.5 Å². The maximum absolute atomic E-state index is 12.5. The van der Waals surface area contributed by atoms with Crippen LogP contribution in [0.4, 0.5) is 10.5 Å². The van der Waals surface area contributed by atoms with E-state index in [1.807, 2.05) is 12.1 Å². The van der Waals surface area contributed by atoms with Crippen LogP contribution >= 0.6 is 22.9 Å². The number of thiazole rings is 1. The Kier molecular flexibility index (Phi) is 5.74. The molecule has 3 aromatic rings. The summed E-state index contributed by atoms with van der Waals surface area (Å²) < 4.78 is 22.8. The number of likely N-dealkylation sites (tertiary alicyclic amines) is 1. The van der Waals surface area contributed by atoms with Gasteiger partial charge in [0.1, 0.15) is 11.6 Å². The minimum atomic E-state index is -0.239. The van der Waals surface area contributed by atoms with Crippen molar-refractivity contribution in [2.45, 2.75) is 6.10 Å². The fraction of sp³-hybridized carbons (Fsp3) is 0.300. The normalized spacial score (nSPS) is 13.7. The molecule has 10 heteroatoms. The van der Waals surface area contributed by atoms with Crippen molar-refractivity contribution in [2.24, 2.45) is 0 Å². The van der Waals surface area contributed by atoms with E-state index in [0.717, 1.165) is 10.2 Å². The molecule has 1 N–H and O–H groups in total. The van der Waals surface area contributed by atoms with Gasteiger partial charge < -0.3 is 29.2 Å². The lowest BCUT2D eigenvalue weighted by molar-refractivity contribution is 0.0492. The molecule has 0 saturated carbocycles. The number of urea groups is 1. The number of para-hydroxylation sites is 1. The first-order valence-electron chi connectivity index (χ1n) is 9.10. The summed E-state index contributed by atoms with van der Waals surface area (Å²) in [5.41, 5.74) is 1.27. The van der Waals surface area contributed by atoms with Crippen LogP contribution in [0.3, 0.4) is 0 Å². The Morgan fingerprint density at radius 1 is 1.17 bits per heavy atom. The number of aromatic nitrogens is 1. The highest BCUT2D eigenvalue weighted by molar-refractivity contribution is 7.20. The molecule has 8 nitrogen and oxygen atoms in total. The van der Waals surface area contributed by atoms with Crippen molar-refractivity contribution >= 4 is 44.9 Å². The molecule has 0 atom stereocenters. The van der Waals surface area contributed by atoms with Crippen LogP contribution in [0.5, 0.6) is 22.4 Å². The molecule has 1 aliphatic heterocycles. The molecule has 1 aromatic heterocycles. The highest BCUT2D eigenvalue weighted by atomic mass is 35.5. The van der Waals surface area contributed by atoms with E-state index in [1.165, 1.54) is 32.7 Å². The maximum atomic E-state index is 12.5. The van der Waals surface area contributed by atoms with Gasteiger partial charge in [0, 0.05) is 12.1 Å². The van der Waals surface area contributed by atoms with Crippen LogP contribution < -0.4 is 24.3 Å². The van der Waals surface area contributed by atoms with Gasteiger partial charge in [-0.25, -0.2) is 9.78 Å². The number of halogens is 1. The Hall–Kier alpha value is -2.91. The van der Waals surface area contributed by atoms with Crippen LogP contribution in [-0.2, 0) is 0 Å². The van der Waals surface area contributed by atoms with Crippen molar-refractivity contribution in [3.63, 3.8) is 0 Å². The number of carbonyl (C=O) groups excluding carboxylic acids is 1. The second-order valence-electron chi connectivity index (χ2n) is 6.56. The lowest BCUT2D eigenvalue weighted by Crippen LogP contribution is -2.57. The van der Waals surface area contributed by atoms with Crippen LogP contribution in [0, 0.1) is 0 Å². The number of benzene rings is 2. The summed E-state index contributed by atoms with van der Waals surface area (Å²) in [6, 6.07) is 8.74. The highest BCUT2D eigenvalue weighted by Gasteiger charge is 2.33. The van der Waals surface area contributed by atoms with Crippen LogP contribution in [0.25, 0.3) is 10.2 Å². The van der Waals surface area contributed by atoms with E-state index in [4.69, 9.17) is 30.5 Å². The number of amides is 2. The van der Waals surface area contributed by atoms with Crippen LogP contribution in [0.1, 0.15) is 0 Å². The number of nitrogens with one attached hydrogen (secondary N) is 1. The topological polar surface area (TPSA) is 82.2 Å². The van der Waals surface area contributed by atoms with Crippen molar-refractivity contribution in [1.82, 2.24) is 9.88 Å². The van der Waals surface area contributed by atoms with Gasteiger partial charge in [-0.15, -0.1) is 0 Å². The third kappa shape index (κ3) is 3.90. The number of fused-ring (bicyclic) bond motifs is 1. The van der Waals surface area contributed by atoms with Gasteiger partial charge in [-0.3, -0.25) is 0 Å². The van der Waals surface area contributed by atoms with E-state index < -0.39 is 0 Å². The lowest BCUT2D eigenvalue weighted by atomic mass is 10.2. The van der Waals surface area contributed by atoms with Crippen LogP contribution in [0.15, 0.2) is 30.3 Å². The molecular weight excluding hydrogens is 430 g/mol. The highest BCUT2D eigenvalue weighted by Crippen LogP contribution is 2.40. The van der Waals surface area contributed by atoms with E-state index in [9.17, 15) is 4.79 Å². The number of hydrogen-bond acceptors (Lipinski definition) is 7. The Bertz CT molecular complexity index is 1060. The molecule has 30 heavy (non-hydrogen) atoms. The molecular formula is C20H20ClN3O5S. The fourth-order valence-corrected chi connectivity index (χ4v) is 4.30. The third-order valence-electron chi connectivity index (χ3n) is 4.67. The molecule has 0 radical (unpaired) electrons. The van der Waals surface area contributed by atoms with Gasteiger partial charge in [0.2, 0.25) is 5.75 Å². The molecule has 158 valence electrons. The SMILES string of the molecule is COc1cc(NC(=O)N2CC(Oc3nc4c(Cl)cccc4s3)C2)cc(OC)c1OC. The monoisotopic (exact) mass is 449 g/mol. The second kappa shape index (κ2) is 8.45. The van der Waals surface area contributed by atoms with Crippen molar-refractivity contribution in [1.29, 1.82) is 0 Å². The Morgan fingerprint density at radius 2 is 1.87 bits per heavy atom. The number of rotatable bonds is 6. The van der Waals surface area contributed by atoms with Crippen molar-refractivity contribution in [3.05, 3.63) is 35.4 Å². The molecule has 0 bridgehead atoms. The van der Waals surface area contributed by atoms with Crippen LogP contribution in [-0.4, -0.2) is 56.4 Å². The number of carbonyl (C=O) groups is 1. The molecule has 0 aliphatic carbocycles. The minimum absolute atomic E-state index is 0.116. The number of anilines is 1. The number of hydrogen-bond donors (Lipinski definition) is 1. The summed E-state index contributed by atoms with van der Waals surface area (Å²) in [4.78, 5) is 18.6. The molecule has 2 aromatic carbocycles. The Labute approximate surface area is 182 Å². The summed E-state index contributed by atoms with van der Waals surface area (Å²) in [6.07, 6.45) is -0.116. The predicted molar refractivity (Wildman–Crippen MR) is 116 cm³/mol. The fourth-order valence-electron chi connectivity index (χ4n) is 3.12. The summed E-state index contributed by atoms with van der Waals surface area (Å²) >= 11 is 7.60.